The molecule has 0 fully saturated rings. The number of esters is 3. The van der Waals surface area contributed by atoms with Gasteiger partial charge in [-0.2, -0.15) is 0 Å². The zero-order chi connectivity index (χ0) is 47.9. The number of hydrogen-bond donors (Lipinski definition) is 0. The molecule has 1 unspecified atom stereocenters. The summed E-state index contributed by atoms with van der Waals surface area (Å²) in [5.74, 6) is -1.07. The largest absolute Gasteiger partial charge is 0.462 e. The van der Waals surface area contributed by atoms with Crippen LogP contribution >= 0.6 is 0 Å². The van der Waals surface area contributed by atoms with Gasteiger partial charge in [0, 0.05) is 19.3 Å². The van der Waals surface area contributed by atoms with Gasteiger partial charge in [-0.3, -0.25) is 14.4 Å². The standard InChI is InChI=1S/C60H94O6/c1-4-7-10-13-16-19-22-24-26-28-30-32-33-35-38-41-44-47-50-53-59(62)65-56-57(55-64-58(61)52-49-46-43-40-37-21-18-15-12-9-6-3)66-60(63)54-51-48-45-42-39-36-34-31-29-27-25-23-20-17-14-11-8-5-2/h7,10,15-16,18-19,21,23-27,29-32,34-35,37-38,44,47,57H,4-6,8-9,11-14,17,20,22,28,33,36,39-43,45-46,48-56H2,1-3H3/b10-7-,18-15-,19-16-,25-23-,26-24-,29-27-,32-30-,34-31-,37-21-,38-35-,47-44-. The number of unbranched alkanes of at least 4 members (excludes halogenated alkanes) is 15. The fraction of sp³-hybridized carbons (Fsp3) is 0.583. The van der Waals surface area contributed by atoms with Crippen LogP contribution in [0.3, 0.4) is 0 Å². The SMILES string of the molecule is CC/C=C\C/C=C\C/C=C\C/C=C\C/C=C\C/C=C\CCC(=O)OCC(COC(=O)CCCCC/C=C\C=C/CCCC)OC(=O)CCCCCCC\C=C/C=C\C=C/CCCCCCC. The van der Waals surface area contributed by atoms with Gasteiger partial charge in [-0.25, -0.2) is 0 Å². The molecule has 0 bridgehead atoms. The van der Waals surface area contributed by atoms with E-state index < -0.39 is 6.10 Å². The van der Waals surface area contributed by atoms with Crippen molar-refractivity contribution < 1.29 is 28.6 Å². The summed E-state index contributed by atoms with van der Waals surface area (Å²) in [6.07, 6.45) is 74.5. The van der Waals surface area contributed by atoms with Gasteiger partial charge in [-0.1, -0.05) is 219 Å². The van der Waals surface area contributed by atoms with E-state index in [9.17, 15) is 14.4 Å². The maximum absolute atomic E-state index is 12.8. The Morgan fingerprint density at radius 3 is 1.18 bits per heavy atom. The zero-order valence-electron chi connectivity index (χ0n) is 42.1. The van der Waals surface area contributed by atoms with E-state index in [-0.39, 0.29) is 44.0 Å². The van der Waals surface area contributed by atoms with Crippen molar-refractivity contribution >= 4 is 17.9 Å². The molecule has 66 heavy (non-hydrogen) atoms. The highest BCUT2D eigenvalue weighted by molar-refractivity contribution is 5.71. The van der Waals surface area contributed by atoms with Gasteiger partial charge in [-0.15, -0.1) is 0 Å². The molecule has 0 aliphatic carbocycles. The van der Waals surface area contributed by atoms with Gasteiger partial charge < -0.3 is 14.2 Å². The number of ether oxygens (including phenoxy) is 3. The number of rotatable bonds is 45. The van der Waals surface area contributed by atoms with E-state index in [4.69, 9.17) is 14.2 Å². The highest BCUT2D eigenvalue weighted by Gasteiger charge is 2.19. The molecule has 0 aliphatic rings. The van der Waals surface area contributed by atoms with Gasteiger partial charge in [0.25, 0.3) is 0 Å². The van der Waals surface area contributed by atoms with Gasteiger partial charge >= 0.3 is 17.9 Å². The van der Waals surface area contributed by atoms with Crippen molar-refractivity contribution in [3.05, 3.63) is 134 Å². The van der Waals surface area contributed by atoms with E-state index in [0.717, 1.165) is 116 Å². The quantitative estimate of drug-likeness (QED) is 0.0199. The second kappa shape index (κ2) is 53.2. The topological polar surface area (TPSA) is 78.9 Å². The molecular formula is C60H94O6. The van der Waals surface area contributed by atoms with Gasteiger partial charge in [0.2, 0.25) is 0 Å². The predicted octanol–water partition coefficient (Wildman–Crippen LogP) is 17.5. The first-order valence-electron chi connectivity index (χ1n) is 26.2. The predicted molar refractivity (Wildman–Crippen MR) is 283 cm³/mol. The van der Waals surface area contributed by atoms with Crippen LogP contribution in [0.4, 0.5) is 0 Å². The Morgan fingerprint density at radius 1 is 0.333 bits per heavy atom. The van der Waals surface area contributed by atoms with Crippen LogP contribution in [0.5, 0.6) is 0 Å². The lowest BCUT2D eigenvalue weighted by atomic mass is 10.1. The normalized spacial score (nSPS) is 13.2. The second-order valence-corrected chi connectivity index (χ2v) is 16.8. The highest BCUT2D eigenvalue weighted by Crippen LogP contribution is 2.12. The molecular weight excluding hydrogens is 817 g/mol. The molecule has 6 heteroatoms. The molecule has 6 nitrogen and oxygen atoms in total. The number of carbonyl (C=O) groups is 3. The molecule has 0 N–H and O–H groups in total. The van der Waals surface area contributed by atoms with E-state index in [0.29, 0.717) is 12.8 Å². The van der Waals surface area contributed by atoms with Crippen molar-refractivity contribution in [2.24, 2.45) is 0 Å². The monoisotopic (exact) mass is 911 g/mol. The summed E-state index contributed by atoms with van der Waals surface area (Å²) in [5.41, 5.74) is 0. The molecule has 0 aromatic carbocycles. The van der Waals surface area contributed by atoms with Crippen molar-refractivity contribution in [2.75, 3.05) is 13.2 Å². The molecule has 0 aromatic heterocycles. The summed E-state index contributed by atoms with van der Waals surface area (Å²) in [6, 6.07) is 0. The maximum Gasteiger partial charge on any atom is 0.306 e. The van der Waals surface area contributed by atoms with Crippen molar-refractivity contribution in [1.29, 1.82) is 0 Å². The smallest absolute Gasteiger partial charge is 0.306 e. The molecule has 0 amide bonds. The molecule has 0 aromatic rings. The Balaban J connectivity index is 4.58. The summed E-state index contributed by atoms with van der Waals surface area (Å²) >= 11 is 0. The van der Waals surface area contributed by atoms with E-state index >= 15 is 0 Å². The van der Waals surface area contributed by atoms with Gasteiger partial charge in [-0.05, 0) is 103 Å². The average molecular weight is 911 g/mol. The van der Waals surface area contributed by atoms with Gasteiger partial charge in [0.15, 0.2) is 6.10 Å². The summed E-state index contributed by atoms with van der Waals surface area (Å²) in [5, 5.41) is 0. The number of hydrogen-bond acceptors (Lipinski definition) is 6. The lowest BCUT2D eigenvalue weighted by Crippen LogP contribution is -2.30. The molecule has 370 valence electrons. The third kappa shape index (κ3) is 50.5. The number of carbonyl (C=O) groups excluding carboxylic acids is 3. The third-order valence-corrected chi connectivity index (χ3v) is 10.5. The molecule has 0 saturated carbocycles. The van der Waals surface area contributed by atoms with Crippen molar-refractivity contribution in [3.8, 4) is 0 Å². The number of allylic oxidation sites excluding steroid dienone is 22. The molecule has 0 rings (SSSR count). The molecule has 1 atom stereocenters. The zero-order valence-corrected chi connectivity index (χ0v) is 42.1. The van der Waals surface area contributed by atoms with E-state index in [2.05, 4.69) is 142 Å². The summed E-state index contributed by atoms with van der Waals surface area (Å²) < 4.78 is 16.7. The van der Waals surface area contributed by atoms with Crippen LogP contribution < -0.4 is 0 Å². The molecule has 0 spiro atoms. The fourth-order valence-electron chi connectivity index (χ4n) is 6.50. The minimum atomic E-state index is -0.835. The molecule has 0 aliphatic heterocycles. The Hall–Kier alpha value is -4.45. The first-order chi connectivity index (χ1) is 32.5. The summed E-state index contributed by atoms with van der Waals surface area (Å²) in [4.78, 5) is 37.9. The highest BCUT2D eigenvalue weighted by atomic mass is 16.6. The average Bonchev–Trinajstić information content (AvgIpc) is 3.31. The second-order valence-electron chi connectivity index (χ2n) is 16.8. The van der Waals surface area contributed by atoms with Crippen molar-refractivity contribution in [1.82, 2.24) is 0 Å². The summed E-state index contributed by atoms with van der Waals surface area (Å²) in [7, 11) is 0. The van der Waals surface area contributed by atoms with E-state index in [1.54, 1.807) is 0 Å². The van der Waals surface area contributed by atoms with E-state index in [1.165, 1.54) is 44.9 Å². The minimum absolute atomic E-state index is 0.129. The Bertz CT molecular complexity index is 1460. The third-order valence-electron chi connectivity index (χ3n) is 10.5. The lowest BCUT2D eigenvalue weighted by molar-refractivity contribution is -0.166. The Morgan fingerprint density at radius 2 is 0.697 bits per heavy atom. The Labute approximate surface area is 405 Å². The van der Waals surface area contributed by atoms with Gasteiger partial charge in [0.05, 0.1) is 0 Å². The maximum atomic E-state index is 12.8. The van der Waals surface area contributed by atoms with Crippen molar-refractivity contribution in [3.63, 3.8) is 0 Å². The van der Waals surface area contributed by atoms with Crippen LogP contribution in [0, 0.1) is 0 Å². The lowest BCUT2D eigenvalue weighted by Gasteiger charge is -2.18. The molecule has 0 saturated heterocycles. The minimum Gasteiger partial charge on any atom is -0.462 e. The van der Waals surface area contributed by atoms with Crippen LogP contribution in [0.1, 0.15) is 207 Å². The van der Waals surface area contributed by atoms with Crippen molar-refractivity contribution in [2.45, 2.75) is 213 Å². The van der Waals surface area contributed by atoms with Crippen LogP contribution in [-0.2, 0) is 28.6 Å². The first-order valence-corrected chi connectivity index (χ1v) is 26.2. The van der Waals surface area contributed by atoms with Crippen LogP contribution in [0.25, 0.3) is 0 Å². The van der Waals surface area contributed by atoms with Gasteiger partial charge in [0.1, 0.15) is 13.2 Å². The fourth-order valence-corrected chi connectivity index (χ4v) is 6.50. The van der Waals surface area contributed by atoms with Crippen LogP contribution in [0.2, 0.25) is 0 Å². The Kier molecular flexibility index (Phi) is 49.6. The first kappa shape index (κ1) is 61.5. The van der Waals surface area contributed by atoms with E-state index in [1.807, 2.05) is 12.2 Å². The molecule has 0 radical (unpaired) electrons. The van der Waals surface area contributed by atoms with Crippen LogP contribution in [-0.4, -0.2) is 37.2 Å². The summed E-state index contributed by atoms with van der Waals surface area (Å²) in [6.45, 7) is 6.32. The molecule has 0 heterocycles. The van der Waals surface area contributed by atoms with Crippen LogP contribution in [0.15, 0.2) is 134 Å².